The van der Waals surface area contributed by atoms with Gasteiger partial charge >= 0.3 is 0 Å². The molecule has 0 bridgehead atoms. The third-order valence-corrected chi connectivity index (χ3v) is 11.2. The Labute approximate surface area is 330 Å². The van der Waals surface area contributed by atoms with Crippen LogP contribution in [0.3, 0.4) is 0 Å². The maximum absolute atomic E-state index is 7.02. The van der Waals surface area contributed by atoms with Crippen molar-refractivity contribution in [2.45, 2.75) is 0 Å². The van der Waals surface area contributed by atoms with Crippen molar-refractivity contribution in [2.75, 3.05) is 4.90 Å². The van der Waals surface area contributed by atoms with Gasteiger partial charge in [-0.25, -0.2) is 0 Å². The molecule has 2 aromatic heterocycles. The molecule has 0 spiro atoms. The van der Waals surface area contributed by atoms with E-state index in [0.717, 1.165) is 83.5 Å². The Morgan fingerprint density at radius 1 is 0.368 bits per heavy atom. The molecule has 0 atom stereocenters. The molecule has 268 valence electrons. The number of furan rings is 1. The second kappa shape index (κ2) is 13.6. The van der Waals surface area contributed by atoms with Gasteiger partial charge in [0.05, 0.1) is 33.7 Å². The molecule has 3 nitrogen and oxygen atoms in total. The van der Waals surface area contributed by atoms with Crippen molar-refractivity contribution in [2.24, 2.45) is 0 Å². The van der Waals surface area contributed by atoms with Crippen LogP contribution in [0.5, 0.6) is 0 Å². The van der Waals surface area contributed by atoms with E-state index in [1.165, 1.54) is 16.3 Å². The SMILES string of the molecule is c1ccc(-c2cccc(N(c3ccccc3-c3ccccc3)c3ccc4c(oc5ccccc54)c3-c3ccccc3-n3c4ccccc4c4ccccc43)c2)cc1. The Balaban J connectivity index is 1.27. The maximum atomic E-state index is 7.02. The molecule has 0 unspecified atom stereocenters. The van der Waals surface area contributed by atoms with Gasteiger partial charge in [0.1, 0.15) is 11.2 Å². The van der Waals surface area contributed by atoms with Crippen molar-refractivity contribution in [3.8, 4) is 39.1 Å². The summed E-state index contributed by atoms with van der Waals surface area (Å²) in [5.74, 6) is 0. The quantitative estimate of drug-likeness (QED) is 0.163. The van der Waals surface area contributed by atoms with E-state index in [1.54, 1.807) is 0 Å². The number of para-hydroxylation sites is 5. The summed E-state index contributed by atoms with van der Waals surface area (Å²) in [6.07, 6.45) is 0. The number of nitrogens with zero attached hydrogens (tertiary/aromatic N) is 2. The number of aromatic nitrogens is 1. The summed E-state index contributed by atoms with van der Waals surface area (Å²) in [7, 11) is 0. The van der Waals surface area contributed by atoms with Gasteiger partial charge in [-0.1, -0.05) is 164 Å². The van der Waals surface area contributed by atoms with Gasteiger partial charge in [0.2, 0.25) is 0 Å². The summed E-state index contributed by atoms with van der Waals surface area (Å²) in [6.45, 7) is 0. The number of rotatable bonds is 7. The van der Waals surface area contributed by atoms with Crippen LogP contribution in [-0.4, -0.2) is 4.57 Å². The zero-order valence-corrected chi connectivity index (χ0v) is 31.1. The molecule has 0 amide bonds. The van der Waals surface area contributed by atoms with Crippen molar-refractivity contribution in [3.05, 3.63) is 218 Å². The largest absolute Gasteiger partial charge is 0.455 e. The molecule has 0 radical (unpaired) electrons. The second-order valence-electron chi connectivity index (χ2n) is 14.5. The van der Waals surface area contributed by atoms with Crippen LogP contribution in [0.25, 0.3) is 82.8 Å². The molecule has 0 aliphatic rings. The van der Waals surface area contributed by atoms with Crippen molar-refractivity contribution in [3.63, 3.8) is 0 Å². The van der Waals surface area contributed by atoms with Crippen LogP contribution >= 0.6 is 0 Å². The summed E-state index contributed by atoms with van der Waals surface area (Å²) in [5, 5.41) is 4.62. The summed E-state index contributed by atoms with van der Waals surface area (Å²) in [6, 6.07) is 78.1. The number of hydrogen-bond donors (Lipinski definition) is 0. The van der Waals surface area contributed by atoms with Gasteiger partial charge in [-0.15, -0.1) is 0 Å². The van der Waals surface area contributed by atoms with Crippen LogP contribution in [0, 0.1) is 0 Å². The molecular formula is C54H36N2O. The number of benzene rings is 9. The standard InChI is InChI=1S/C54H36N2O/c1-3-18-37(19-4-1)39-22-17-23-40(36-39)55(47-29-12-7-24-41(47)38-20-5-2-6-21-38)51-35-34-45-44-27-11-16-33-52(44)57-54(45)53(51)46-28-10-15-32-50(46)56-48-30-13-8-25-42(48)43-26-9-14-31-49(43)56/h1-36H. The molecule has 0 saturated heterocycles. The summed E-state index contributed by atoms with van der Waals surface area (Å²) >= 11 is 0. The highest BCUT2D eigenvalue weighted by molar-refractivity contribution is 6.15. The molecule has 9 aromatic carbocycles. The van der Waals surface area contributed by atoms with E-state index in [0.29, 0.717) is 0 Å². The molecule has 0 aliphatic heterocycles. The van der Waals surface area contributed by atoms with E-state index in [9.17, 15) is 0 Å². The lowest BCUT2D eigenvalue weighted by molar-refractivity contribution is 0.670. The molecule has 2 heterocycles. The third kappa shape index (κ3) is 5.43. The molecule has 0 fully saturated rings. The van der Waals surface area contributed by atoms with Crippen LogP contribution in [0.2, 0.25) is 0 Å². The van der Waals surface area contributed by atoms with Gasteiger partial charge in [0.15, 0.2) is 0 Å². The number of anilines is 3. The average Bonchev–Trinajstić information content (AvgIpc) is 3.83. The zero-order valence-electron chi connectivity index (χ0n) is 31.1. The van der Waals surface area contributed by atoms with Crippen molar-refractivity contribution in [1.29, 1.82) is 0 Å². The molecule has 0 saturated carbocycles. The lowest BCUT2D eigenvalue weighted by atomic mass is 9.95. The lowest BCUT2D eigenvalue weighted by Gasteiger charge is -2.30. The van der Waals surface area contributed by atoms with Crippen LogP contribution in [0.15, 0.2) is 223 Å². The fourth-order valence-corrected chi connectivity index (χ4v) is 8.68. The second-order valence-corrected chi connectivity index (χ2v) is 14.5. The van der Waals surface area contributed by atoms with E-state index in [4.69, 9.17) is 4.42 Å². The Bertz CT molecular complexity index is 3190. The third-order valence-electron chi connectivity index (χ3n) is 11.2. The minimum atomic E-state index is 0.850. The first-order chi connectivity index (χ1) is 28.3. The number of hydrogen-bond acceptors (Lipinski definition) is 2. The van der Waals surface area contributed by atoms with E-state index in [1.807, 2.05) is 0 Å². The average molecular weight is 729 g/mol. The molecule has 57 heavy (non-hydrogen) atoms. The van der Waals surface area contributed by atoms with E-state index >= 15 is 0 Å². The molecular weight excluding hydrogens is 693 g/mol. The lowest BCUT2D eigenvalue weighted by Crippen LogP contribution is -2.13. The summed E-state index contributed by atoms with van der Waals surface area (Å²) < 4.78 is 9.44. The van der Waals surface area contributed by atoms with E-state index in [-0.39, 0.29) is 0 Å². The molecule has 0 aliphatic carbocycles. The van der Waals surface area contributed by atoms with Gasteiger partial charge in [0, 0.05) is 38.4 Å². The smallest absolute Gasteiger partial charge is 0.145 e. The summed E-state index contributed by atoms with van der Waals surface area (Å²) in [5.41, 5.74) is 14.9. The first-order valence-corrected chi connectivity index (χ1v) is 19.4. The summed E-state index contributed by atoms with van der Waals surface area (Å²) in [4.78, 5) is 2.43. The van der Waals surface area contributed by atoms with Gasteiger partial charge in [-0.3, -0.25) is 0 Å². The van der Waals surface area contributed by atoms with Crippen LogP contribution in [0.4, 0.5) is 17.1 Å². The van der Waals surface area contributed by atoms with E-state index in [2.05, 4.69) is 228 Å². The monoisotopic (exact) mass is 728 g/mol. The Morgan fingerprint density at radius 3 is 1.70 bits per heavy atom. The van der Waals surface area contributed by atoms with Gasteiger partial charge in [0.25, 0.3) is 0 Å². The first-order valence-electron chi connectivity index (χ1n) is 19.4. The van der Waals surface area contributed by atoms with Crippen molar-refractivity contribution in [1.82, 2.24) is 4.57 Å². The van der Waals surface area contributed by atoms with Crippen LogP contribution < -0.4 is 4.90 Å². The Kier molecular flexibility index (Phi) is 7.82. The maximum Gasteiger partial charge on any atom is 0.145 e. The fourth-order valence-electron chi connectivity index (χ4n) is 8.68. The molecule has 11 rings (SSSR count). The predicted molar refractivity (Wildman–Crippen MR) is 239 cm³/mol. The zero-order chi connectivity index (χ0) is 37.7. The van der Waals surface area contributed by atoms with Crippen molar-refractivity contribution < 1.29 is 4.42 Å². The Morgan fingerprint density at radius 2 is 0.947 bits per heavy atom. The molecule has 0 N–H and O–H groups in total. The fraction of sp³-hybridized carbons (Fsp3) is 0. The van der Waals surface area contributed by atoms with Crippen molar-refractivity contribution >= 4 is 60.8 Å². The highest BCUT2D eigenvalue weighted by Crippen LogP contribution is 2.50. The van der Waals surface area contributed by atoms with E-state index < -0.39 is 0 Å². The molecule has 3 heteroatoms. The number of fused-ring (bicyclic) bond motifs is 6. The van der Waals surface area contributed by atoms with Gasteiger partial charge in [-0.2, -0.15) is 0 Å². The Hall–Kier alpha value is -7.62. The van der Waals surface area contributed by atoms with Gasteiger partial charge < -0.3 is 13.9 Å². The molecule has 11 aromatic rings. The van der Waals surface area contributed by atoms with Crippen LogP contribution in [0.1, 0.15) is 0 Å². The van der Waals surface area contributed by atoms with Gasteiger partial charge in [-0.05, 0) is 71.3 Å². The highest BCUT2D eigenvalue weighted by atomic mass is 16.3. The topological polar surface area (TPSA) is 21.3 Å². The minimum Gasteiger partial charge on any atom is -0.455 e. The normalized spacial score (nSPS) is 11.5. The highest BCUT2D eigenvalue weighted by Gasteiger charge is 2.27. The van der Waals surface area contributed by atoms with Crippen LogP contribution in [-0.2, 0) is 0 Å². The first kappa shape index (κ1) is 32.8. The predicted octanol–water partition coefficient (Wildman–Crippen LogP) is 15.2. The minimum absolute atomic E-state index is 0.850.